The van der Waals surface area contributed by atoms with Crippen LogP contribution >= 0.6 is 0 Å². The van der Waals surface area contributed by atoms with Crippen LogP contribution in [0.2, 0.25) is 0 Å². The van der Waals surface area contributed by atoms with E-state index in [1.54, 1.807) is 0 Å². The summed E-state index contributed by atoms with van der Waals surface area (Å²) in [6.07, 6.45) is 1.11. The van der Waals surface area contributed by atoms with Crippen molar-refractivity contribution in [3.63, 3.8) is 0 Å². The minimum absolute atomic E-state index is 0.216. The Morgan fingerprint density at radius 3 is 2.53 bits per heavy atom. The molecule has 0 aromatic carbocycles. The number of rotatable bonds is 5. The van der Waals surface area contributed by atoms with Crippen LogP contribution in [-0.2, 0) is 0 Å². The summed E-state index contributed by atoms with van der Waals surface area (Å²) in [4.78, 5) is 18.0. The van der Waals surface area contributed by atoms with Gasteiger partial charge in [-0.3, -0.25) is 0 Å². The molecule has 4 heteroatoms. The fraction of sp³-hybridized carbons (Fsp3) is 0.909. The third kappa shape index (κ3) is 3.38. The molecule has 0 atom stereocenters. The predicted octanol–water partition coefficient (Wildman–Crippen LogP) is 1.09. The molecule has 0 aliphatic carbocycles. The Morgan fingerprint density at radius 2 is 1.93 bits per heavy atom. The van der Waals surface area contributed by atoms with Gasteiger partial charge in [-0.15, -0.1) is 0 Å². The average molecular weight is 213 g/mol. The summed E-state index contributed by atoms with van der Waals surface area (Å²) in [6.45, 7) is 9.73. The molecular weight excluding hydrogens is 190 g/mol. The molecule has 0 saturated carbocycles. The first-order valence-corrected chi connectivity index (χ1v) is 5.91. The van der Waals surface area contributed by atoms with E-state index < -0.39 is 0 Å². The number of carbonyl (C=O) groups is 1. The number of likely N-dealkylation sites (N-methyl/N-ethyl adjacent to an activating group) is 1. The van der Waals surface area contributed by atoms with Gasteiger partial charge in [0.15, 0.2) is 0 Å². The molecule has 1 heterocycles. The topological polar surface area (TPSA) is 26.8 Å². The van der Waals surface area contributed by atoms with E-state index in [0.717, 1.165) is 45.7 Å². The van der Waals surface area contributed by atoms with Crippen molar-refractivity contribution in [2.45, 2.75) is 20.3 Å². The van der Waals surface area contributed by atoms with Crippen molar-refractivity contribution in [1.29, 1.82) is 0 Å². The number of nitrogens with zero attached hydrogens (tertiary/aromatic N) is 3. The number of carbonyl (C=O) groups excluding carboxylic acids is 1. The highest BCUT2D eigenvalue weighted by molar-refractivity contribution is 5.75. The van der Waals surface area contributed by atoms with Crippen molar-refractivity contribution in [2.75, 3.05) is 46.3 Å². The van der Waals surface area contributed by atoms with Gasteiger partial charge in [-0.25, -0.2) is 4.79 Å². The van der Waals surface area contributed by atoms with Gasteiger partial charge in [-0.1, -0.05) is 6.92 Å². The summed E-state index contributed by atoms with van der Waals surface area (Å²) >= 11 is 0. The van der Waals surface area contributed by atoms with Crippen LogP contribution in [-0.4, -0.2) is 67.0 Å². The Kier molecular flexibility index (Phi) is 4.88. The molecule has 88 valence electrons. The van der Waals surface area contributed by atoms with Crippen LogP contribution in [0.5, 0.6) is 0 Å². The summed E-state index contributed by atoms with van der Waals surface area (Å²) in [5.74, 6) is 0. The highest BCUT2D eigenvalue weighted by atomic mass is 16.2. The van der Waals surface area contributed by atoms with Crippen molar-refractivity contribution < 1.29 is 4.79 Å². The number of amides is 2. The Hall–Kier alpha value is -0.770. The van der Waals surface area contributed by atoms with Gasteiger partial charge in [0, 0.05) is 32.7 Å². The van der Waals surface area contributed by atoms with Crippen LogP contribution in [0.1, 0.15) is 20.3 Å². The van der Waals surface area contributed by atoms with Gasteiger partial charge < -0.3 is 14.7 Å². The first-order chi connectivity index (χ1) is 7.19. The molecule has 0 radical (unpaired) electrons. The van der Waals surface area contributed by atoms with Crippen LogP contribution in [0.4, 0.5) is 4.79 Å². The lowest BCUT2D eigenvalue weighted by Gasteiger charge is -2.35. The van der Waals surface area contributed by atoms with E-state index in [9.17, 15) is 4.79 Å². The fourth-order valence-corrected chi connectivity index (χ4v) is 1.79. The largest absolute Gasteiger partial charge is 0.325 e. The second kappa shape index (κ2) is 5.95. The molecular formula is C11H23N3O. The zero-order valence-corrected chi connectivity index (χ0v) is 10.2. The lowest BCUT2D eigenvalue weighted by Crippen LogP contribution is -2.50. The molecule has 1 aliphatic rings. The van der Waals surface area contributed by atoms with Gasteiger partial charge in [0.25, 0.3) is 0 Å². The quantitative estimate of drug-likeness (QED) is 0.683. The minimum Gasteiger partial charge on any atom is -0.325 e. The van der Waals surface area contributed by atoms with Crippen molar-refractivity contribution in [3.8, 4) is 0 Å². The third-order valence-electron chi connectivity index (χ3n) is 3.07. The van der Waals surface area contributed by atoms with Gasteiger partial charge in [-0.2, -0.15) is 0 Å². The number of hydrogen-bond acceptors (Lipinski definition) is 2. The molecule has 0 N–H and O–H groups in total. The van der Waals surface area contributed by atoms with E-state index in [1.165, 1.54) is 0 Å². The molecule has 0 unspecified atom stereocenters. The standard InChI is InChI=1S/C11H23N3O/c1-4-12(3)9-10-14-8-6-7-13(5-2)11(14)15/h4-10H2,1-3H3. The predicted molar refractivity (Wildman–Crippen MR) is 62.0 cm³/mol. The van der Waals surface area contributed by atoms with Gasteiger partial charge in [0.2, 0.25) is 0 Å². The zero-order valence-electron chi connectivity index (χ0n) is 10.2. The fourth-order valence-electron chi connectivity index (χ4n) is 1.79. The minimum atomic E-state index is 0.216. The summed E-state index contributed by atoms with van der Waals surface area (Å²) in [7, 11) is 2.09. The van der Waals surface area contributed by atoms with E-state index in [0.29, 0.717) is 0 Å². The van der Waals surface area contributed by atoms with Gasteiger partial charge >= 0.3 is 6.03 Å². The molecule has 1 aliphatic heterocycles. The molecule has 1 rings (SSSR count). The Balaban J connectivity index is 2.37. The summed E-state index contributed by atoms with van der Waals surface area (Å²) in [6, 6.07) is 0.216. The maximum atomic E-state index is 11.9. The second-order valence-electron chi connectivity index (χ2n) is 4.10. The van der Waals surface area contributed by atoms with Crippen LogP contribution in [0, 0.1) is 0 Å². The smallest absolute Gasteiger partial charge is 0.320 e. The Morgan fingerprint density at radius 1 is 1.27 bits per heavy atom. The second-order valence-corrected chi connectivity index (χ2v) is 4.10. The van der Waals surface area contributed by atoms with Crippen molar-refractivity contribution in [2.24, 2.45) is 0 Å². The molecule has 4 nitrogen and oxygen atoms in total. The van der Waals surface area contributed by atoms with Crippen LogP contribution in [0.25, 0.3) is 0 Å². The maximum absolute atomic E-state index is 11.9. The maximum Gasteiger partial charge on any atom is 0.320 e. The Labute approximate surface area is 92.8 Å². The SMILES string of the molecule is CCN(C)CCN1CCCN(CC)C1=O. The monoisotopic (exact) mass is 213 g/mol. The van der Waals surface area contributed by atoms with Crippen LogP contribution in [0.3, 0.4) is 0 Å². The van der Waals surface area contributed by atoms with Gasteiger partial charge in [0.1, 0.15) is 0 Å². The van der Waals surface area contributed by atoms with E-state index in [1.807, 2.05) is 16.7 Å². The van der Waals surface area contributed by atoms with Crippen LogP contribution < -0.4 is 0 Å². The average Bonchev–Trinajstić information content (AvgIpc) is 2.27. The first kappa shape index (κ1) is 12.3. The van der Waals surface area contributed by atoms with E-state index in [4.69, 9.17) is 0 Å². The lowest BCUT2D eigenvalue weighted by molar-refractivity contribution is 0.127. The van der Waals surface area contributed by atoms with Crippen molar-refractivity contribution in [1.82, 2.24) is 14.7 Å². The molecule has 15 heavy (non-hydrogen) atoms. The summed E-state index contributed by atoms with van der Waals surface area (Å²) in [5, 5.41) is 0. The molecule has 1 fully saturated rings. The zero-order chi connectivity index (χ0) is 11.3. The number of hydrogen-bond donors (Lipinski definition) is 0. The molecule has 2 amide bonds. The van der Waals surface area contributed by atoms with E-state index >= 15 is 0 Å². The summed E-state index contributed by atoms with van der Waals surface area (Å²) in [5.41, 5.74) is 0. The first-order valence-electron chi connectivity index (χ1n) is 5.91. The molecule has 0 bridgehead atoms. The van der Waals surface area contributed by atoms with Crippen molar-refractivity contribution in [3.05, 3.63) is 0 Å². The van der Waals surface area contributed by atoms with Crippen LogP contribution in [0.15, 0.2) is 0 Å². The third-order valence-corrected chi connectivity index (χ3v) is 3.07. The van der Waals surface area contributed by atoms with E-state index in [-0.39, 0.29) is 6.03 Å². The summed E-state index contributed by atoms with van der Waals surface area (Å²) < 4.78 is 0. The normalized spacial score (nSPS) is 17.7. The molecule has 0 spiro atoms. The van der Waals surface area contributed by atoms with Gasteiger partial charge in [-0.05, 0) is 26.9 Å². The molecule has 0 aromatic heterocycles. The van der Waals surface area contributed by atoms with Gasteiger partial charge in [0.05, 0.1) is 0 Å². The van der Waals surface area contributed by atoms with E-state index in [2.05, 4.69) is 18.9 Å². The van der Waals surface area contributed by atoms with Crippen molar-refractivity contribution >= 4 is 6.03 Å². The highest BCUT2D eigenvalue weighted by Gasteiger charge is 2.23. The molecule has 1 saturated heterocycles. The highest BCUT2D eigenvalue weighted by Crippen LogP contribution is 2.08. The number of urea groups is 1. The lowest BCUT2D eigenvalue weighted by atomic mass is 10.3. The Bertz CT molecular complexity index is 208. The molecule has 0 aromatic rings.